The van der Waals surface area contributed by atoms with Gasteiger partial charge in [-0.1, -0.05) is 13.0 Å². The van der Waals surface area contributed by atoms with Crippen molar-refractivity contribution in [3.05, 3.63) is 23.4 Å². The summed E-state index contributed by atoms with van der Waals surface area (Å²) in [6.07, 6.45) is 4.95. The lowest BCUT2D eigenvalue weighted by atomic mass is 10.0. The van der Waals surface area contributed by atoms with Crippen LogP contribution in [0.5, 0.6) is 0 Å². The maximum atomic E-state index is 6.00. The van der Waals surface area contributed by atoms with Crippen molar-refractivity contribution in [2.24, 2.45) is 5.73 Å². The van der Waals surface area contributed by atoms with Gasteiger partial charge in [-0.3, -0.25) is 0 Å². The van der Waals surface area contributed by atoms with Crippen molar-refractivity contribution in [3.63, 3.8) is 0 Å². The van der Waals surface area contributed by atoms with Gasteiger partial charge >= 0.3 is 0 Å². The van der Waals surface area contributed by atoms with Crippen LogP contribution in [0, 0.1) is 6.92 Å². The molecule has 0 aliphatic carbocycles. The van der Waals surface area contributed by atoms with Crippen molar-refractivity contribution >= 4 is 5.82 Å². The number of rotatable bonds is 5. The molecule has 1 saturated heterocycles. The lowest BCUT2D eigenvalue weighted by molar-refractivity contribution is 0.193. The van der Waals surface area contributed by atoms with Crippen molar-refractivity contribution in [2.75, 3.05) is 25.2 Å². The van der Waals surface area contributed by atoms with Gasteiger partial charge < -0.3 is 15.4 Å². The number of nitrogens with zero attached hydrogens (tertiary/aromatic N) is 2. The van der Waals surface area contributed by atoms with E-state index < -0.39 is 0 Å². The highest BCUT2D eigenvalue weighted by atomic mass is 16.5. The summed E-state index contributed by atoms with van der Waals surface area (Å²) in [4.78, 5) is 6.87. The molecule has 1 fully saturated rings. The van der Waals surface area contributed by atoms with Crippen LogP contribution in [0.1, 0.15) is 30.9 Å². The first-order valence-electron chi connectivity index (χ1n) is 7.13. The molecule has 1 aromatic rings. The lowest BCUT2D eigenvalue weighted by Crippen LogP contribution is -2.33. The van der Waals surface area contributed by atoms with Crippen LogP contribution in [0.25, 0.3) is 0 Å². The normalized spacial score (nSPS) is 20.5. The van der Waals surface area contributed by atoms with Gasteiger partial charge in [0.05, 0.1) is 12.6 Å². The molecule has 2 rings (SSSR count). The first-order chi connectivity index (χ1) is 9.11. The third-order valence-electron chi connectivity index (χ3n) is 3.92. The van der Waals surface area contributed by atoms with Crippen molar-refractivity contribution in [2.45, 2.75) is 45.2 Å². The molecular weight excluding hydrogens is 238 g/mol. The third-order valence-corrected chi connectivity index (χ3v) is 3.92. The van der Waals surface area contributed by atoms with Gasteiger partial charge in [0.1, 0.15) is 5.82 Å². The van der Waals surface area contributed by atoms with E-state index in [0.717, 1.165) is 38.3 Å². The van der Waals surface area contributed by atoms with Crippen LogP contribution in [-0.4, -0.2) is 37.3 Å². The zero-order valence-corrected chi connectivity index (χ0v) is 12.2. The van der Waals surface area contributed by atoms with Crippen molar-refractivity contribution < 1.29 is 4.74 Å². The highest BCUT2D eigenvalue weighted by Crippen LogP contribution is 2.22. The Morgan fingerprint density at radius 2 is 2.37 bits per heavy atom. The zero-order chi connectivity index (χ0) is 13.8. The molecular formula is C15H25N3O. The molecule has 2 N–H and O–H groups in total. The minimum absolute atomic E-state index is 0.230. The van der Waals surface area contributed by atoms with E-state index in [1.54, 1.807) is 0 Å². The SMILES string of the molecule is CCC(N)Cc1cnc(N(C)C2CCOC2)c(C)c1. The second kappa shape index (κ2) is 6.35. The molecule has 2 heterocycles. The first-order valence-corrected chi connectivity index (χ1v) is 7.13. The van der Waals surface area contributed by atoms with Gasteiger partial charge in [-0.15, -0.1) is 0 Å². The molecule has 2 unspecified atom stereocenters. The molecule has 0 saturated carbocycles. The van der Waals surface area contributed by atoms with Crippen molar-refractivity contribution in [1.29, 1.82) is 0 Å². The maximum absolute atomic E-state index is 6.00. The molecule has 1 aromatic heterocycles. The Bertz CT molecular complexity index is 416. The van der Waals surface area contributed by atoms with Gasteiger partial charge in [0.2, 0.25) is 0 Å². The Kier molecular flexibility index (Phi) is 4.77. The average molecular weight is 263 g/mol. The lowest BCUT2D eigenvalue weighted by Gasteiger charge is -2.26. The van der Waals surface area contributed by atoms with Crippen LogP contribution in [-0.2, 0) is 11.2 Å². The Labute approximate surface area is 116 Å². The summed E-state index contributed by atoms with van der Waals surface area (Å²) < 4.78 is 5.44. The smallest absolute Gasteiger partial charge is 0.131 e. The van der Waals surface area contributed by atoms with Crippen molar-refractivity contribution in [1.82, 2.24) is 4.98 Å². The minimum atomic E-state index is 0.230. The zero-order valence-electron chi connectivity index (χ0n) is 12.2. The fourth-order valence-corrected chi connectivity index (χ4v) is 2.55. The Morgan fingerprint density at radius 3 is 2.95 bits per heavy atom. The first kappa shape index (κ1) is 14.3. The summed E-state index contributed by atoms with van der Waals surface area (Å²) in [5.41, 5.74) is 8.44. The van der Waals surface area contributed by atoms with Crippen LogP contribution in [0.4, 0.5) is 5.82 Å². The largest absolute Gasteiger partial charge is 0.379 e. The van der Waals surface area contributed by atoms with Crippen LogP contribution in [0.15, 0.2) is 12.3 Å². The molecule has 4 heteroatoms. The van der Waals surface area contributed by atoms with Crippen molar-refractivity contribution in [3.8, 4) is 0 Å². The quantitative estimate of drug-likeness (QED) is 0.881. The summed E-state index contributed by atoms with van der Waals surface area (Å²) in [7, 11) is 2.10. The van der Waals surface area contributed by atoms with Crippen LogP contribution >= 0.6 is 0 Å². The highest BCUT2D eigenvalue weighted by molar-refractivity contribution is 5.47. The number of ether oxygens (including phenoxy) is 1. The van der Waals surface area contributed by atoms with E-state index in [0.29, 0.717) is 6.04 Å². The average Bonchev–Trinajstić information content (AvgIpc) is 2.92. The van der Waals surface area contributed by atoms with E-state index in [-0.39, 0.29) is 6.04 Å². The number of aromatic nitrogens is 1. The van der Waals surface area contributed by atoms with Crippen LogP contribution in [0.2, 0.25) is 0 Å². The molecule has 2 atom stereocenters. The fourth-order valence-electron chi connectivity index (χ4n) is 2.55. The molecule has 4 nitrogen and oxygen atoms in total. The monoisotopic (exact) mass is 263 g/mol. The van der Waals surface area contributed by atoms with Crippen LogP contribution < -0.4 is 10.6 Å². The number of likely N-dealkylation sites (N-methyl/N-ethyl adjacent to an activating group) is 1. The summed E-state index contributed by atoms with van der Waals surface area (Å²) >= 11 is 0. The number of hydrogen-bond acceptors (Lipinski definition) is 4. The predicted octanol–water partition coefficient (Wildman–Crippen LogP) is 1.89. The summed E-state index contributed by atoms with van der Waals surface area (Å²) in [6.45, 7) is 5.90. The Hall–Kier alpha value is -1.13. The second-order valence-corrected chi connectivity index (χ2v) is 5.48. The van der Waals surface area contributed by atoms with E-state index in [1.165, 1.54) is 11.1 Å². The van der Waals surface area contributed by atoms with E-state index in [9.17, 15) is 0 Å². The molecule has 1 aliphatic rings. The number of pyridine rings is 1. The van der Waals surface area contributed by atoms with E-state index >= 15 is 0 Å². The molecule has 0 radical (unpaired) electrons. The topological polar surface area (TPSA) is 51.4 Å². The molecule has 0 amide bonds. The van der Waals surface area contributed by atoms with Gasteiger partial charge in [0, 0.05) is 25.9 Å². The second-order valence-electron chi connectivity index (χ2n) is 5.48. The van der Waals surface area contributed by atoms with Gasteiger partial charge in [0.25, 0.3) is 0 Å². The summed E-state index contributed by atoms with van der Waals surface area (Å²) in [6, 6.07) is 2.90. The summed E-state index contributed by atoms with van der Waals surface area (Å²) in [5, 5.41) is 0. The molecule has 1 aliphatic heterocycles. The number of anilines is 1. The van der Waals surface area contributed by atoms with E-state index in [1.807, 2.05) is 6.20 Å². The standard InChI is InChI=1S/C15H25N3O/c1-4-13(16)8-12-7-11(2)15(17-9-12)18(3)14-5-6-19-10-14/h7,9,13-14H,4-6,8,10,16H2,1-3H3. The molecule has 106 valence electrons. The van der Waals surface area contributed by atoms with Gasteiger partial charge in [-0.05, 0) is 37.3 Å². The Balaban J connectivity index is 2.09. The van der Waals surface area contributed by atoms with Gasteiger partial charge in [-0.25, -0.2) is 4.98 Å². The molecule has 0 aromatic carbocycles. The highest BCUT2D eigenvalue weighted by Gasteiger charge is 2.22. The van der Waals surface area contributed by atoms with E-state index in [4.69, 9.17) is 10.5 Å². The molecule has 19 heavy (non-hydrogen) atoms. The third kappa shape index (κ3) is 3.45. The predicted molar refractivity (Wildman–Crippen MR) is 78.6 cm³/mol. The number of aryl methyl sites for hydroxylation is 1. The fraction of sp³-hybridized carbons (Fsp3) is 0.667. The molecule has 0 spiro atoms. The Morgan fingerprint density at radius 1 is 1.58 bits per heavy atom. The minimum Gasteiger partial charge on any atom is -0.379 e. The van der Waals surface area contributed by atoms with Gasteiger partial charge in [0.15, 0.2) is 0 Å². The molecule has 0 bridgehead atoms. The summed E-state index contributed by atoms with van der Waals surface area (Å²) in [5.74, 6) is 1.06. The van der Waals surface area contributed by atoms with E-state index in [2.05, 4.69) is 36.8 Å². The van der Waals surface area contributed by atoms with Gasteiger partial charge in [-0.2, -0.15) is 0 Å². The number of nitrogens with two attached hydrogens (primary N) is 1. The van der Waals surface area contributed by atoms with Crippen LogP contribution in [0.3, 0.4) is 0 Å². The number of hydrogen-bond donors (Lipinski definition) is 1. The maximum Gasteiger partial charge on any atom is 0.131 e.